The number of anilines is 3. The lowest BCUT2D eigenvalue weighted by atomic mass is 9.92. The predicted molar refractivity (Wildman–Crippen MR) is 231 cm³/mol. The number of halogens is 2. The normalized spacial score (nSPS) is 19.3. The van der Waals surface area contributed by atoms with Crippen molar-refractivity contribution < 1.29 is 37.5 Å². The number of carbonyl (C=O) groups is 6. The van der Waals surface area contributed by atoms with Crippen molar-refractivity contribution in [3.8, 4) is 11.1 Å². The molecule has 4 aromatic rings. The molecule has 1 unspecified atom stereocenters. The molecule has 16 nitrogen and oxygen atoms in total. The third kappa shape index (κ3) is 8.18. The third-order valence-electron chi connectivity index (χ3n) is 13.4. The van der Waals surface area contributed by atoms with E-state index >= 15 is 0 Å². The van der Waals surface area contributed by atoms with Gasteiger partial charge in [0, 0.05) is 93.7 Å². The summed E-state index contributed by atoms with van der Waals surface area (Å²) < 4.78 is 33.2. The molecular weight excluding hydrogens is 827 g/mol. The molecule has 0 aliphatic carbocycles. The maximum Gasteiger partial charge on any atom is 0.264 e. The van der Waals surface area contributed by atoms with Crippen LogP contribution in [-0.4, -0.2) is 108 Å². The van der Waals surface area contributed by atoms with Crippen molar-refractivity contribution in [1.82, 2.24) is 39.6 Å². The van der Waals surface area contributed by atoms with Crippen LogP contribution in [0.5, 0.6) is 0 Å². The Balaban J connectivity index is 0.810. The van der Waals surface area contributed by atoms with Crippen LogP contribution in [0.3, 0.4) is 0 Å². The van der Waals surface area contributed by atoms with Crippen molar-refractivity contribution in [2.45, 2.75) is 103 Å². The Hall–Kier alpha value is -6.30. The molecule has 0 saturated carbocycles. The van der Waals surface area contributed by atoms with Crippen molar-refractivity contribution in [2.75, 3.05) is 42.9 Å². The van der Waals surface area contributed by atoms with Crippen molar-refractivity contribution in [1.29, 1.82) is 0 Å². The number of aromatic nitrogens is 4. The lowest BCUT2D eigenvalue weighted by Crippen LogP contribution is -2.54. The highest BCUT2D eigenvalue weighted by Gasteiger charge is 2.46. The third-order valence-corrected chi connectivity index (χ3v) is 13.4. The highest BCUT2D eigenvalue weighted by atomic mass is 19.3. The molecule has 2 saturated heterocycles. The first-order valence-corrected chi connectivity index (χ1v) is 22.3. The lowest BCUT2D eigenvalue weighted by molar-refractivity contribution is -0.136. The van der Waals surface area contributed by atoms with Gasteiger partial charge < -0.3 is 20.0 Å². The SMILES string of the molecule is CC(=O)N1CCc2c(c(N3CCCc4cc(-c5cnn(C)c5)c(C(F)F)cc43)nn2C2CCN(CCCCCC(=O)Nc3cccc4c3C(=O)N(C3CCC(=O)NC3=O)C4=O)CC2)C1. The first kappa shape index (κ1) is 43.0. The van der Waals surface area contributed by atoms with Crippen LogP contribution in [0.1, 0.15) is 120 Å². The predicted octanol–water partition coefficient (Wildman–Crippen LogP) is 5.45. The van der Waals surface area contributed by atoms with Gasteiger partial charge in [-0.15, -0.1) is 0 Å². The molecule has 336 valence electrons. The summed E-state index contributed by atoms with van der Waals surface area (Å²) in [7, 11) is 1.77. The highest BCUT2D eigenvalue weighted by molar-refractivity contribution is 6.26. The molecule has 1 atom stereocenters. The van der Waals surface area contributed by atoms with Crippen molar-refractivity contribution >= 4 is 52.6 Å². The van der Waals surface area contributed by atoms with E-state index in [1.54, 1.807) is 49.2 Å². The van der Waals surface area contributed by atoms with Crippen molar-refractivity contribution in [3.05, 3.63) is 76.2 Å². The number of carbonyl (C=O) groups excluding carboxylic acids is 6. The second-order valence-corrected chi connectivity index (χ2v) is 17.5. The summed E-state index contributed by atoms with van der Waals surface area (Å²) in [5, 5.41) is 14.5. The number of aryl methyl sites for hydroxylation is 2. The van der Waals surface area contributed by atoms with E-state index in [-0.39, 0.29) is 59.5 Å². The van der Waals surface area contributed by atoms with Crippen molar-refractivity contribution in [3.63, 3.8) is 0 Å². The quantitative estimate of drug-likeness (QED) is 0.138. The van der Waals surface area contributed by atoms with Gasteiger partial charge in [0.15, 0.2) is 5.82 Å². The fourth-order valence-corrected chi connectivity index (χ4v) is 10.1. The van der Waals surface area contributed by atoms with Gasteiger partial charge in [0.2, 0.25) is 23.6 Å². The molecule has 18 heteroatoms. The monoisotopic (exact) mass is 878 g/mol. The number of piperidine rings is 2. The molecule has 2 aromatic carbocycles. The van der Waals surface area contributed by atoms with Crippen LogP contribution in [0.15, 0.2) is 42.7 Å². The molecule has 9 rings (SSSR count). The van der Waals surface area contributed by atoms with E-state index in [4.69, 9.17) is 5.10 Å². The smallest absolute Gasteiger partial charge is 0.264 e. The summed E-state index contributed by atoms with van der Waals surface area (Å²) in [4.78, 5) is 83.6. The van der Waals surface area contributed by atoms with Gasteiger partial charge in [0.1, 0.15) is 6.04 Å². The lowest BCUT2D eigenvalue weighted by Gasteiger charge is -2.34. The Bertz CT molecular complexity index is 2540. The van der Waals surface area contributed by atoms with E-state index in [0.717, 1.165) is 91.4 Å². The molecule has 2 aromatic heterocycles. The maximum absolute atomic E-state index is 14.7. The molecule has 5 aliphatic rings. The molecule has 6 amide bonds. The molecule has 7 heterocycles. The van der Waals surface area contributed by atoms with Crippen LogP contribution in [0.2, 0.25) is 0 Å². The van der Waals surface area contributed by atoms with E-state index < -0.39 is 36.1 Å². The van der Waals surface area contributed by atoms with E-state index in [0.29, 0.717) is 43.6 Å². The number of nitrogens with one attached hydrogen (secondary N) is 2. The molecule has 2 N–H and O–H groups in total. The molecule has 64 heavy (non-hydrogen) atoms. The van der Waals surface area contributed by atoms with Crippen LogP contribution in [-0.2, 0) is 45.6 Å². The molecule has 0 radical (unpaired) electrons. The average molecular weight is 879 g/mol. The van der Waals surface area contributed by atoms with Gasteiger partial charge in [-0.25, -0.2) is 8.78 Å². The fourth-order valence-electron chi connectivity index (χ4n) is 10.1. The standard InChI is InChI=1S/C46H52F2N10O6/c1-27(59)55-21-16-36-34(26-55)43(56-18-7-8-28-22-32(29-24-49-53(2)25-29)33(42(47)48)23-38(28)56)52-58(36)30-14-19-54(20-15-30)17-5-3-4-11-39(60)50-35-10-6-9-31-41(35)46(64)57(45(31)63)37-12-13-40(61)51-44(37)62/h6,9-10,22-25,30,37,42H,3-5,7-8,11-21,26H2,1-2H3,(H,50,60)(H,51,61,62). The van der Waals surface area contributed by atoms with Crippen LogP contribution in [0.25, 0.3) is 11.1 Å². The second kappa shape index (κ2) is 17.7. The van der Waals surface area contributed by atoms with Gasteiger partial charge in [-0.1, -0.05) is 12.5 Å². The topological polar surface area (TPSA) is 175 Å². The number of amides is 6. The summed E-state index contributed by atoms with van der Waals surface area (Å²) in [5.41, 5.74) is 5.31. The molecule has 2 fully saturated rings. The minimum atomic E-state index is -2.68. The number of hydrogen-bond acceptors (Lipinski definition) is 10. The van der Waals surface area contributed by atoms with Gasteiger partial charge in [-0.2, -0.15) is 10.2 Å². The van der Waals surface area contributed by atoms with Gasteiger partial charge in [0.05, 0.1) is 35.6 Å². The van der Waals surface area contributed by atoms with E-state index in [9.17, 15) is 37.5 Å². The number of fused-ring (bicyclic) bond motifs is 3. The van der Waals surface area contributed by atoms with Gasteiger partial charge in [0.25, 0.3) is 18.2 Å². The van der Waals surface area contributed by atoms with E-state index in [2.05, 4.69) is 30.2 Å². The fraction of sp³-hybridized carbons (Fsp3) is 0.478. The summed E-state index contributed by atoms with van der Waals surface area (Å²) in [6.45, 7) is 5.85. The Morgan fingerprint density at radius 2 is 1.75 bits per heavy atom. The second-order valence-electron chi connectivity index (χ2n) is 17.5. The van der Waals surface area contributed by atoms with Crippen LogP contribution in [0.4, 0.5) is 26.0 Å². The van der Waals surface area contributed by atoms with Crippen molar-refractivity contribution in [2.24, 2.45) is 7.05 Å². The van der Waals surface area contributed by atoms with Crippen LogP contribution >= 0.6 is 0 Å². The Morgan fingerprint density at radius 1 is 0.938 bits per heavy atom. The summed E-state index contributed by atoms with van der Waals surface area (Å²) in [6.07, 6.45) is 7.36. The zero-order valence-electron chi connectivity index (χ0n) is 36.1. The molecule has 5 aliphatic heterocycles. The van der Waals surface area contributed by atoms with Crippen LogP contribution in [0, 0.1) is 0 Å². The number of alkyl halides is 2. The number of likely N-dealkylation sites (tertiary alicyclic amines) is 1. The maximum atomic E-state index is 14.7. The van der Waals surface area contributed by atoms with Gasteiger partial charge in [-0.05, 0) is 86.9 Å². The summed E-state index contributed by atoms with van der Waals surface area (Å²) in [5.74, 6) is -1.98. The number of unbranched alkanes of at least 4 members (excludes halogenated alkanes) is 2. The molecule has 0 spiro atoms. The summed E-state index contributed by atoms with van der Waals surface area (Å²) >= 11 is 0. The largest absolute Gasteiger partial charge is 0.338 e. The van der Waals surface area contributed by atoms with Gasteiger partial charge >= 0.3 is 0 Å². The Kier molecular flexibility index (Phi) is 11.9. The minimum absolute atomic E-state index is 0.00735. The van der Waals surface area contributed by atoms with Gasteiger partial charge in [-0.3, -0.25) is 48.3 Å². The average Bonchev–Trinajstić information content (AvgIpc) is 3.96. The Labute approximate surface area is 368 Å². The molecule has 0 bridgehead atoms. The number of nitrogens with zero attached hydrogens (tertiary/aromatic N) is 8. The van der Waals surface area contributed by atoms with Crippen LogP contribution < -0.4 is 15.5 Å². The number of benzene rings is 2. The first-order chi connectivity index (χ1) is 30.9. The highest BCUT2D eigenvalue weighted by Crippen LogP contribution is 2.44. The van der Waals surface area contributed by atoms with E-state index in [1.165, 1.54) is 6.07 Å². The minimum Gasteiger partial charge on any atom is -0.338 e. The Morgan fingerprint density at radius 3 is 2.48 bits per heavy atom. The zero-order valence-corrected chi connectivity index (χ0v) is 36.1. The van der Waals surface area contributed by atoms with E-state index in [1.807, 2.05) is 11.0 Å². The molecular formula is C46H52F2N10O6. The first-order valence-electron chi connectivity index (χ1n) is 22.3. The number of hydrogen-bond donors (Lipinski definition) is 2. The number of rotatable bonds is 12. The summed E-state index contributed by atoms with van der Waals surface area (Å²) in [6, 6.07) is 7.22. The zero-order chi connectivity index (χ0) is 44.8. The number of imide groups is 2.